The smallest absolute Gasteiger partial charge is 0.407 e. The van der Waals surface area contributed by atoms with Crippen LogP contribution in [0.15, 0.2) is 130 Å². The zero-order valence-electron chi connectivity index (χ0n) is 45.8. The first-order valence-corrected chi connectivity index (χ1v) is 27.2. The predicted molar refractivity (Wildman–Crippen MR) is 295 cm³/mol. The van der Waals surface area contributed by atoms with E-state index in [0.717, 1.165) is 11.1 Å². The number of oxazole rings is 2. The number of unbranched alkanes of at least 4 members (excludes halogenated alkanes) is 2. The number of alkyl carbamates (subject to hydrolysis) is 2. The molecule has 7 rings (SSSR count). The van der Waals surface area contributed by atoms with Gasteiger partial charge in [-0.1, -0.05) is 121 Å². The van der Waals surface area contributed by atoms with Gasteiger partial charge in [0.15, 0.2) is 34.7 Å². The zero-order valence-corrected chi connectivity index (χ0v) is 45.8. The number of nitrogens with zero attached hydrogens (tertiary/aromatic N) is 2. The summed E-state index contributed by atoms with van der Waals surface area (Å²) in [6.45, 7) is 0.451. The summed E-state index contributed by atoms with van der Waals surface area (Å²) in [5.41, 5.74) is 2.46. The Morgan fingerprint density at radius 2 is 0.829 bits per heavy atom. The summed E-state index contributed by atoms with van der Waals surface area (Å²) < 4.78 is 33.1. The lowest BCUT2D eigenvalue weighted by Gasteiger charge is -2.25. The third-order valence-electron chi connectivity index (χ3n) is 13.2. The second-order valence-corrected chi connectivity index (χ2v) is 19.3. The summed E-state index contributed by atoms with van der Waals surface area (Å²) in [6, 6.07) is 31.5. The molecule has 0 aliphatic carbocycles. The van der Waals surface area contributed by atoms with Crippen LogP contribution < -0.4 is 31.9 Å². The SMILES string of the molecule is COC(=O)CCc1nc2c(o1)[C@H](Cc1ccccc1)NC(=O)[C@H](CCCCNC(=O)OCc1ccccc1)NC(=O)c1nc(CCC(=O)OC)oc1[C@H](Cc1ccccc1)NC(=O)[C@H](CCCCNC(=O)OCc1ccccc1)NC2=O. The molecule has 0 saturated heterocycles. The Kier molecular flexibility index (Phi) is 23.1. The van der Waals surface area contributed by atoms with Crippen molar-refractivity contribution in [2.45, 2.75) is 114 Å². The summed E-state index contributed by atoms with van der Waals surface area (Å²) in [5, 5.41) is 17.2. The van der Waals surface area contributed by atoms with Gasteiger partial charge in [0.1, 0.15) is 25.3 Å². The summed E-state index contributed by atoms with van der Waals surface area (Å²) >= 11 is 0. The maximum Gasteiger partial charge on any atom is 0.407 e. The van der Waals surface area contributed by atoms with E-state index in [0.29, 0.717) is 24.0 Å². The van der Waals surface area contributed by atoms with Gasteiger partial charge in [0.05, 0.1) is 39.1 Å². The fourth-order valence-corrected chi connectivity index (χ4v) is 8.92. The maximum absolute atomic E-state index is 15.0. The molecule has 4 aromatic carbocycles. The maximum atomic E-state index is 15.0. The molecule has 22 heteroatoms. The van der Waals surface area contributed by atoms with Crippen LogP contribution in [-0.2, 0) is 77.0 Å². The van der Waals surface area contributed by atoms with Crippen LogP contribution in [0.3, 0.4) is 0 Å². The minimum absolute atomic E-state index is 0.0170. The quantitative estimate of drug-likeness (QED) is 0.0207. The normalized spacial score (nSPS) is 16.4. The van der Waals surface area contributed by atoms with Crippen molar-refractivity contribution in [1.82, 2.24) is 41.9 Å². The van der Waals surface area contributed by atoms with E-state index < -0.39 is 71.9 Å². The van der Waals surface area contributed by atoms with Gasteiger partial charge in [0.25, 0.3) is 11.8 Å². The Morgan fingerprint density at radius 3 is 1.18 bits per heavy atom. The van der Waals surface area contributed by atoms with Crippen molar-refractivity contribution in [1.29, 1.82) is 0 Å². The van der Waals surface area contributed by atoms with E-state index in [-0.39, 0.29) is 125 Å². The van der Waals surface area contributed by atoms with Gasteiger partial charge in [0, 0.05) is 25.9 Å². The monoisotopic (exact) mass is 1120 g/mol. The molecule has 6 aromatic rings. The Labute approximate surface area is 474 Å². The molecule has 82 heavy (non-hydrogen) atoms. The van der Waals surface area contributed by atoms with E-state index in [4.69, 9.17) is 27.8 Å². The molecule has 0 saturated carbocycles. The molecule has 0 unspecified atom stereocenters. The first-order valence-electron chi connectivity index (χ1n) is 27.2. The van der Waals surface area contributed by atoms with E-state index in [1.807, 2.05) is 97.1 Å². The fraction of sp³-hybridized carbons (Fsp3) is 0.367. The number of aromatic nitrogens is 2. The molecule has 6 N–H and O–H groups in total. The van der Waals surface area contributed by atoms with Gasteiger partial charge in [-0.25, -0.2) is 19.6 Å². The summed E-state index contributed by atoms with van der Waals surface area (Å²) in [6.07, 6.45) is -0.450. The third-order valence-corrected chi connectivity index (χ3v) is 13.2. The average Bonchev–Trinajstić information content (AvgIpc) is 4.22. The average molecular weight is 1130 g/mol. The van der Waals surface area contributed by atoms with Crippen molar-refractivity contribution >= 4 is 47.8 Å². The van der Waals surface area contributed by atoms with E-state index >= 15 is 9.59 Å². The van der Waals surface area contributed by atoms with Gasteiger partial charge in [0.2, 0.25) is 11.8 Å². The Morgan fingerprint density at radius 1 is 0.476 bits per heavy atom. The number of methoxy groups -OCH3 is 2. The van der Waals surface area contributed by atoms with Crippen LogP contribution in [0.5, 0.6) is 0 Å². The van der Waals surface area contributed by atoms with E-state index in [9.17, 15) is 28.8 Å². The highest BCUT2D eigenvalue weighted by Gasteiger charge is 2.37. The minimum Gasteiger partial charge on any atom is -0.469 e. The molecule has 4 atom stereocenters. The first kappa shape index (κ1) is 60.3. The Hall–Kier alpha value is -9.34. The lowest BCUT2D eigenvalue weighted by Crippen LogP contribution is -2.50. The number of carbonyl (C=O) groups excluding carboxylic acids is 8. The number of carbonyl (C=O) groups is 8. The molecule has 6 amide bonds. The van der Waals surface area contributed by atoms with E-state index in [1.54, 1.807) is 24.3 Å². The highest BCUT2D eigenvalue weighted by atomic mass is 16.6. The zero-order chi connectivity index (χ0) is 58.1. The molecule has 432 valence electrons. The van der Waals surface area contributed by atoms with Crippen LogP contribution in [0, 0.1) is 0 Å². The van der Waals surface area contributed by atoms with E-state index in [1.165, 1.54) is 14.2 Å². The molecule has 3 heterocycles. The van der Waals surface area contributed by atoms with Crippen LogP contribution in [-0.4, -0.2) is 97.1 Å². The van der Waals surface area contributed by atoms with Gasteiger partial charge >= 0.3 is 24.1 Å². The topological polar surface area (TPSA) is 298 Å². The van der Waals surface area contributed by atoms with Crippen LogP contribution in [0.2, 0.25) is 0 Å². The van der Waals surface area contributed by atoms with Gasteiger partial charge in [-0.05, 0) is 73.6 Å². The van der Waals surface area contributed by atoms with Crippen molar-refractivity contribution in [3.8, 4) is 0 Å². The number of ether oxygens (including phenoxy) is 4. The molecule has 1 aliphatic rings. The lowest BCUT2D eigenvalue weighted by atomic mass is 9.99. The van der Waals surface area contributed by atoms with Crippen molar-refractivity contribution in [3.63, 3.8) is 0 Å². The predicted octanol–water partition coefficient (Wildman–Crippen LogP) is 6.78. The summed E-state index contributed by atoms with van der Waals surface area (Å²) in [5.74, 6) is -4.53. The molecule has 0 spiro atoms. The van der Waals surface area contributed by atoms with Crippen LogP contribution in [0.25, 0.3) is 0 Å². The second-order valence-electron chi connectivity index (χ2n) is 19.3. The highest BCUT2D eigenvalue weighted by molar-refractivity contribution is 5.99. The molecule has 22 nitrogen and oxygen atoms in total. The molecule has 0 radical (unpaired) electrons. The molecular weight excluding hydrogens is 1060 g/mol. The van der Waals surface area contributed by atoms with Gasteiger partial charge in [-0.2, -0.15) is 0 Å². The van der Waals surface area contributed by atoms with Crippen LogP contribution in [0.1, 0.15) is 130 Å². The number of fused-ring (bicyclic) bond motifs is 2. The van der Waals surface area contributed by atoms with Crippen LogP contribution >= 0.6 is 0 Å². The lowest BCUT2D eigenvalue weighted by molar-refractivity contribution is -0.141. The number of hydrogen-bond donors (Lipinski definition) is 6. The molecule has 0 bridgehead atoms. The molecular formula is C60H68N8O14. The number of hydrogen-bond acceptors (Lipinski definition) is 16. The van der Waals surface area contributed by atoms with Crippen LogP contribution in [0.4, 0.5) is 9.59 Å². The largest absolute Gasteiger partial charge is 0.469 e. The molecule has 2 aromatic heterocycles. The summed E-state index contributed by atoms with van der Waals surface area (Å²) in [4.78, 5) is 119. The number of amides is 6. The fourth-order valence-electron chi connectivity index (χ4n) is 8.92. The standard InChI is InChI=1S/C60H68N8O14/c1-77-49(69)31-29-47-67-51-53(81-47)45(35-39-19-7-3-8-20-39)65-55(71)44(28-16-18-34-62-60(76)80-38-42-25-13-6-14-26-42)64-58(74)52-54(82-48(68-52)30-32-50(70)78-2)46(36-40-21-9-4-10-22-40)66-56(72)43(63-57(51)73)27-15-17-33-61-59(75)79-37-41-23-11-5-12-24-41/h3-14,19-26,43-46H,15-18,27-38H2,1-2H3,(H,61,75)(H,62,76)(H,63,73)(H,64,74)(H,65,71)(H,66,72)/t43-,44-,45-,46-/m0/s1. The van der Waals surface area contributed by atoms with Crippen molar-refractivity contribution < 1.29 is 66.1 Å². The van der Waals surface area contributed by atoms with Gasteiger partial charge in [-0.15, -0.1) is 0 Å². The minimum atomic E-state index is -1.31. The second kappa shape index (κ2) is 31.5. The number of esters is 2. The Balaban J connectivity index is 1.24. The van der Waals surface area contributed by atoms with Gasteiger partial charge in [-0.3, -0.25) is 28.8 Å². The van der Waals surface area contributed by atoms with Crippen molar-refractivity contribution in [3.05, 3.63) is 178 Å². The highest BCUT2D eigenvalue weighted by Crippen LogP contribution is 2.28. The summed E-state index contributed by atoms with van der Waals surface area (Å²) in [7, 11) is 2.46. The Bertz CT molecular complexity index is 2860. The first-order chi connectivity index (χ1) is 39.8. The third kappa shape index (κ3) is 18.9. The molecule has 0 fully saturated rings. The van der Waals surface area contributed by atoms with Gasteiger partial charge < -0.3 is 59.7 Å². The van der Waals surface area contributed by atoms with Crippen molar-refractivity contribution in [2.75, 3.05) is 27.3 Å². The van der Waals surface area contributed by atoms with Crippen molar-refractivity contribution in [2.24, 2.45) is 0 Å². The van der Waals surface area contributed by atoms with E-state index in [2.05, 4.69) is 41.9 Å². The molecule has 1 aliphatic heterocycles. The number of benzene rings is 4. The number of aryl methyl sites for hydroxylation is 2. The number of nitrogens with one attached hydrogen (secondary N) is 6. The number of rotatable bonds is 24.